The highest BCUT2D eigenvalue weighted by molar-refractivity contribution is 7.98. The molecule has 4 nitrogen and oxygen atoms in total. The summed E-state index contributed by atoms with van der Waals surface area (Å²) in [5, 5.41) is 0. The molecule has 1 aliphatic heterocycles. The monoisotopic (exact) mass is 321 g/mol. The summed E-state index contributed by atoms with van der Waals surface area (Å²) in [5.74, 6) is 1.81. The number of hydrogen-bond donors (Lipinski definition) is 0. The molecule has 1 fully saturated rings. The smallest absolute Gasteiger partial charge is 0.228 e. The predicted molar refractivity (Wildman–Crippen MR) is 94.7 cm³/mol. The molecular weight excluding hydrogens is 294 g/mol. The highest BCUT2D eigenvalue weighted by Crippen LogP contribution is 2.21. The first-order valence-corrected chi connectivity index (χ1v) is 9.52. The highest BCUT2D eigenvalue weighted by Gasteiger charge is 2.22. The van der Waals surface area contributed by atoms with Crippen LogP contribution in [0.2, 0.25) is 0 Å². The number of carbonyl (C=O) groups excluding carboxylic acids is 1. The first kappa shape index (κ1) is 17.3. The van der Waals surface area contributed by atoms with Gasteiger partial charge >= 0.3 is 0 Å². The van der Waals surface area contributed by atoms with Crippen molar-refractivity contribution in [2.24, 2.45) is 0 Å². The lowest BCUT2D eigenvalue weighted by atomic mass is 10.0. The molecule has 0 saturated carbocycles. The molecular formula is C17H27N3OS. The maximum absolute atomic E-state index is 12.4. The maximum atomic E-state index is 12.4. The summed E-state index contributed by atoms with van der Waals surface area (Å²) in [4.78, 5) is 21.2. The molecule has 0 radical (unpaired) electrons. The van der Waals surface area contributed by atoms with Crippen molar-refractivity contribution >= 4 is 23.4 Å². The Morgan fingerprint density at radius 1 is 1.32 bits per heavy atom. The van der Waals surface area contributed by atoms with Gasteiger partial charge in [0.15, 0.2) is 0 Å². The number of pyridine rings is 1. The number of amides is 1. The van der Waals surface area contributed by atoms with Crippen molar-refractivity contribution < 1.29 is 4.79 Å². The van der Waals surface area contributed by atoms with Gasteiger partial charge in [-0.15, -0.1) is 0 Å². The van der Waals surface area contributed by atoms with Gasteiger partial charge in [-0.1, -0.05) is 13.8 Å². The molecule has 1 atom stereocenters. The van der Waals surface area contributed by atoms with E-state index in [0.29, 0.717) is 12.3 Å². The second-order valence-corrected chi connectivity index (χ2v) is 6.87. The summed E-state index contributed by atoms with van der Waals surface area (Å²) in [6.45, 7) is 7.99. The Morgan fingerprint density at radius 2 is 2.14 bits per heavy atom. The zero-order valence-electron chi connectivity index (χ0n) is 13.9. The molecule has 2 rings (SSSR count). The first-order chi connectivity index (χ1) is 10.7. The number of nitrogens with zero attached hydrogens (tertiary/aromatic N) is 3. The number of thioether (sulfide) groups is 1. The zero-order valence-corrected chi connectivity index (χ0v) is 14.7. The predicted octanol–water partition coefficient (Wildman–Crippen LogP) is 3.00. The SMILES string of the molecule is CCC(C)c1ccc(N2CCN(CCSC)CCC2=O)cn1. The summed E-state index contributed by atoms with van der Waals surface area (Å²) >= 11 is 1.86. The van der Waals surface area contributed by atoms with Crippen LogP contribution in [0.4, 0.5) is 5.69 Å². The van der Waals surface area contributed by atoms with E-state index in [1.165, 1.54) is 0 Å². The van der Waals surface area contributed by atoms with Crippen molar-refractivity contribution in [2.45, 2.75) is 32.6 Å². The summed E-state index contributed by atoms with van der Waals surface area (Å²) in [6, 6.07) is 4.11. The minimum Gasteiger partial charge on any atom is -0.310 e. The van der Waals surface area contributed by atoms with Gasteiger partial charge in [0.25, 0.3) is 0 Å². The van der Waals surface area contributed by atoms with Crippen molar-refractivity contribution in [1.29, 1.82) is 0 Å². The number of aromatic nitrogens is 1. The molecule has 2 heterocycles. The Labute approximate surface area is 138 Å². The van der Waals surface area contributed by atoms with Crippen LogP contribution in [-0.2, 0) is 4.79 Å². The maximum Gasteiger partial charge on any atom is 0.228 e. The standard InChI is InChI=1S/C17H27N3OS/c1-4-14(2)16-6-5-15(13-18-16)20-10-9-19(11-12-22-3)8-7-17(20)21/h5-6,13-14H,4,7-12H2,1-3H3. The van der Waals surface area contributed by atoms with E-state index in [-0.39, 0.29) is 5.91 Å². The van der Waals surface area contributed by atoms with Crippen LogP contribution in [-0.4, -0.2) is 54.0 Å². The van der Waals surface area contributed by atoms with Gasteiger partial charge in [-0.2, -0.15) is 11.8 Å². The molecule has 1 amide bonds. The number of hydrogen-bond acceptors (Lipinski definition) is 4. The second-order valence-electron chi connectivity index (χ2n) is 5.88. The largest absolute Gasteiger partial charge is 0.310 e. The van der Waals surface area contributed by atoms with Crippen LogP contribution in [0.5, 0.6) is 0 Å². The zero-order chi connectivity index (χ0) is 15.9. The van der Waals surface area contributed by atoms with Gasteiger partial charge in [0, 0.05) is 44.0 Å². The summed E-state index contributed by atoms with van der Waals surface area (Å²) < 4.78 is 0. The molecule has 22 heavy (non-hydrogen) atoms. The molecule has 0 bridgehead atoms. The van der Waals surface area contributed by atoms with Crippen molar-refractivity contribution in [3.63, 3.8) is 0 Å². The Hall–Kier alpha value is -1.07. The van der Waals surface area contributed by atoms with E-state index < -0.39 is 0 Å². The van der Waals surface area contributed by atoms with Crippen LogP contribution < -0.4 is 4.90 Å². The van der Waals surface area contributed by atoms with Gasteiger partial charge in [0.1, 0.15) is 0 Å². The van der Waals surface area contributed by atoms with E-state index in [1.54, 1.807) is 0 Å². The van der Waals surface area contributed by atoms with Crippen LogP contribution in [0, 0.1) is 0 Å². The average molecular weight is 321 g/mol. The lowest BCUT2D eigenvalue weighted by molar-refractivity contribution is -0.118. The van der Waals surface area contributed by atoms with E-state index in [2.05, 4.69) is 36.1 Å². The first-order valence-electron chi connectivity index (χ1n) is 8.13. The van der Waals surface area contributed by atoms with Crippen LogP contribution in [0.25, 0.3) is 0 Å². The third-order valence-corrected chi connectivity index (χ3v) is 4.98. The third-order valence-electron chi connectivity index (χ3n) is 4.39. The second kappa shape index (κ2) is 8.53. The van der Waals surface area contributed by atoms with Gasteiger partial charge in [-0.3, -0.25) is 9.78 Å². The Morgan fingerprint density at radius 3 is 2.77 bits per heavy atom. The van der Waals surface area contributed by atoms with Gasteiger partial charge in [-0.25, -0.2) is 0 Å². The Kier molecular flexibility index (Phi) is 6.70. The number of rotatable bonds is 6. The fourth-order valence-corrected chi connectivity index (χ4v) is 3.08. The normalized spacial score (nSPS) is 18.3. The fourth-order valence-electron chi connectivity index (χ4n) is 2.64. The molecule has 1 aliphatic rings. The molecule has 5 heteroatoms. The minimum atomic E-state index is 0.213. The molecule has 1 aromatic heterocycles. The van der Waals surface area contributed by atoms with Crippen LogP contribution in [0.3, 0.4) is 0 Å². The summed E-state index contributed by atoms with van der Waals surface area (Å²) in [7, 11) is 0. The molecule has 122 valence electrons. The molecule has 1 unspecified atom stereocenters. The molecule has 0 N–H and O–H groups in total. The highest BCUT2D eigenvalue weighted by atomic mass is 32.2. The molecule has 0 spiro atoms. The molecule has 0 aliphatic carbocycles. The van der Waals surface area contributed by atoms with E-state index in [9.17, 15) is 4.79 Å². The Balaban J connectivity index is 2.03. The molecule has 1 aromatic rings. The van der Waals surface area contributed by atoms with Crippen LogP contribution in [0.15, 0.2) is 18.3 Å². The quantitative estimate of drug-likeness (QED) is 0.807. The van der Waals surface area contributed by atoms with Crippen LogP contribution >= 0.6 is 11.8 Å². The fraction of sp³-hybridized carbons (Fsp3) is 0.647. The van der Waals surface area contributed by atoms with E-state index >= 15 is 0 Å². The minimum absolute atomic E-state index is 0.213. The van der Waals surface area contributed by atoms with Crippen molar-refractivity contribution in [2.75, 3.05) is 43.1 Å². The van der Waals surface area contributed by atoms with Gasteiger partial charge in [0.05, 0.1) is 11.9 Å². The lowest BCUT2D eigenvalue weighted by Gasteiger charge is -2.22. The van der Waals surface area contributed by atoms with Crippen molar-refractivity contribution in [3.05, 3.63) is 24.0 Å². The van der Waals surface area contributed by atoms with Crippen LogP contribution in [0.1, 0.15) is 38.3 Å². The molecule has 0 aromatic carbocycles. The number of carbonyl (C=O) groups is 1. The van der Waals surface area contributed by atoms with Crippen molar-refractivity contribution in [3.8, 4) is 0 Å². The van der Waals surface area contributed by atoms with Gasteiger partial charge < -0.3 is 9.80 Å². The summed E-state index contributed by atoms with van der Waals surface area (Å²) in [5.41, 5.74) is 2.04. The lowest BCUT2D eigenvalue weighted by Crippen LogP contribution is -2.34. The Bertz CT molecular complexity index is 477. The van der Waals surface area contributed by atoms with E-state index in [4.69, 9.17) is 0 Å². The van der Waals surface area contributed by atoms with Gasteiger partial charge in [-0.05, 0) is 30.7 Å². The topological polar surface area (TPSA) is 36.4 Å². The van der Waals surface area contributed by atoms with E-state index in [1.807, 2.05) is 28.9 Å². The summed E-state index contributed by atoms with van der Waals surface area (Å²) in [6.07, 6.45) is 5.66. The third kappa shape index (κ3) is 4.46. The average Bonchev–Trinajstić information content (AvgIpc) is 2.74. The number of anilines is 1. The van der Waals surface area contributed by atoms with Crippen molar-refractivity contribution in [1.82, 2.24) is 9.88 Å². The van der Waals surface area contributed by atoms with E-state index in [0.717, 1.165) is 49.7 Å². The molecule has 1 saturated heterocycles. The van der Waals surface area contributed by atoms with Gasteiger partial charge in [0.2, 0.25) is 5.91 Å².